The Morgan fingerprint density at radius 3 is 2.50 bits per heavy atom. The maximum absolute atomic E-state index is 13.2. The van der Waals surface area contributed by atoms with Gasteiger partial charge < -0.3 is 10.0 Å². The second-order valence-electron chi connectivity index (χ2n) is 7.84. The fourth-order valence-corrected chi connectivity index (χ4v) is 4.13. The van der Waals surface area contributed by atoms with E-state index in [-0.39, 0.29) is 23.4 Å². The summed E-state index contributed by atoms with van der Waals surface area (Å²) in [6.45, 7) is 1.54. The van der Waals surface area contributed by atoms with Gasteiger partial charge in [-0.3, -0.25) is 14.6 Å². The van der Waals surface area contributed by atoms with E-state index in [2.05, 4.69) is 20.9 Å². The topological polar surface area (TPSA) is 70.5 Å². The van der Waals surface area contributed by atoms with Crippen LogP contribution in [0.4, 0.5) is 13.2 Å². The van der Waals surface area contributed by atoms with Crippen molar-refractivity contribution in [2.45, 2.75) is 25.7 Å². The lowest BCUT2D eigenvalue weighted by molar-refractivity contribution is -0.140. The predicted octanol–water partition coefficient (Wildman–Crippen LogP) is 5.79. The van der Waals surface area contributed by atoms with Gasteiger partial charge in [0.25, 0.3) is 11.7 Å². The Labute approximate surface area is 201 Å². The first-order valence-corrected chi connectivity index (χ1v) is 11.0. The van der Waals surface area contributed by atoms with Gasteiger partial charge in [0.1, 0.15) is 11.8 Å². The Morgan fingerprint density at radius 2 is 1.85 bits per heavy atom. The molecule has 0 saturated carbocycles. The molecule has 9 heteroatoms. The fraction of sp³-hybridized carbons (Fsp3) is 0.160. The van der Waals surface area contributed by atoms with Crippen LogP contribution in [-0.2, 0) is 22.3 Å². The molecule has 1 atom stereocenters. The molecular formula is C25H18BrF3N2O3. The second kappa shape index (κ2) is 9.06. The third-order valence-electron chi connectivity index (χ3n) is 5.55. The fourth-order valence-electron chi connectivity index (χ4n) is 3.88. The summed E-state index contributed by atoms with van der Waals surface area (Å²) < 4.78 is 40.4. The Hall–Kier alpha value is -3.46. The minimum atomic E-state index is -4.55. The Balaban J connectivity index is 1.83. The van der Waals surface area contributed by atoms with Crippen molar-refractivity contribution in [1.29, 1.82) is 0 Å². The maximum atomic E-state index is 13.2. The average molecular weight is 531 g/mol. The minimum absolute atomic E-state index is 0.169. The van der Waals surface area contributed by atoms with Crippen molar-refractivity contribution in [3.63, 3.8) is 0 Å². The SMILES string of the molecule is Cc1cc(/C(O)=C2\C(=O)C(=O)N(Cc3cccc(C(F)(F)F)c3)C2c2ccccn2)ccc1Br. The largest absolute Gasteiger partial charge is 0.507 e. The number of pyridine rings is 1. The van der Waals surface area contributed by atoms with Gasteiger partial charge in [0, 0.05) is 22.8 Å². The molecule has 4 rings (SSSR count). The van der Waals surface area contributed by atoms with Crippen LogP contribution in [0.15, 0.2) is 76.9 Å². The van der Waals surface area contributed by atoms with Gasteiger partial charge in [-0.2, -0.15) is 13.2 Å². The van der Waals surface area contributed by atoms with Crippen molar-refractivity contribution in [3.05, 3.63) is 105 Å². The lowest BCUT2D eigenvalue weighted by Crippen LogP contribution is -2.29. The van der Waals surface area contributed by atoms with Crippen molar-refractivity contribution in [2.75, 3.05) is 0 Å². The number of hydrogen-bond donors (Lipinski definition) is 1. The number of amides is 1. The van der Waals surface area contributed by atoms with Crippen LogP contribution < -0.4 is 0 Å². The predicted molar refractivity (Wildman–Crippen MR) is 122 cm³/mol. The molecule has 1 amide bonds. The van der Waals surface area contributed by atoms with Crippen LogP contribution >= 0.6 is 15.9 Å². The van der Waals surface area contributed by atoms with Gasteiger partial charge in [-0.15, -0.1) is 0 Å². The zero-order chi connectivity index (χ0) is 24.6. The summed E-state index contributed by atoms with van der Waals surface area (Å²) in [4.78, 5) is 31.5. The number of rotatable bonds is 4. The number of halogens is 4. The van der Waals surface area contributed by atoms with E-state index in [0.29, 0.717) is 11.3 Å². The monoisotopic (exact) mass is 530 g/mol. The summed E-state index contributed by atoms with van der Waals surface area (Å²) >= 11 is 3.38. The molecule has 1 aromatic heterocycles. The number of ketones is 1. The van der Waals surface area contributed by atoms with Gasteiger partial charge in [0.15, 0.2) is 0 Å². The van der Waals surface area contributed by atoms with Crippen LogP contribution in [0, 0.1) is 6.92 Å². The molecule has 34 heavy (non-hydrogen) atoms. The normalized spacial score (nSPS) is 17.9. The molecule has 1 N–H and O–H groups in total. The molecular weight excluding hydrogens is 513 g/mol. The number of Topliss-reactive ketones (excluding diaryl/α,β-unsaturated/α-hetero) is 1. The van der Waals surface area contributed by atoms with E-state index in [1.807, 2.05) is 6.92 Å². The molecule has 1 aliphatic rings. The third-order valence-corrected chi connectivity index (χ3v) is 6.44. The van der Waals surface area contributed by atoms with Crippen molar-refractivity contribution in [1.82, 2.24) is 9.88 Å². The number of hydrogen-bond acceptors (Lipinski definition) is 4. The molecule has 5 nitrogen and oxygen atoms in total. The summed E-state index contributed by atoms with van der Waals surface area (Å²) in [5.74, 6) is -2.24. The highest BCUT2D eigenvalue weighted by Gasteiger charge is 2.46. The second-order valence-corrected chi connectivity index (χ2v) is 8.70. The van der Waals surface area contributed by atoms with Crippen molar-refractivity contribution < 1.29 is 27.9 Å². The summed E-state index contributed by atoms with van der Waals surface area (Å²) in [5, 5.41) is 11.1. The Kier molecular flexibility index (Phi) is 6.31. The number of likely N-dealkylation sites (tertiary alicyclic amines) is 1. The van der Waals surface area contributed by atoms with E-state index >= 15 is 0 Å². The van der Waals surface area contributed by atoms with Crippen molar-refractivity contribution >= 4 is 33.4 Å². The van der Waals surface area contributed by atoms with Crippen LogP contribution in [0.2, 0.25) is 0 Å². The quantitative estimate of drug-likeness (QED) is 0.263. The van der Waals surface area contributed by atoms with E-state index < -0.39 is 29.5 Å². The molecule has 174 valence electrons. The first-order chi connectivity index (χ1) is 16.1. The first-order valence-electron chi connectivity index (χ1n) is 10.2. The summed E-state index contributed by atoms with van der Waals surface area (Å²) in [6.07, 6.45) is -3.08. The molecule has 1 aliphatic heterocycles. The highest BCUT2D eigenvalue weighted by Crippen LogP contribution is 2.40. The highest BCUT2D eigenvalue weighted by atomic mass is 79.9. The number of aliphatic hydroxyl groups excluding tert-OH is 1. The minimum Gasteiger partial charge on any atom is -0.507 e. The van der Waals surface area contributed by atoms with Gasteiger partial charge >= 0.3 is 6.18 Å². The molecule has 2 heterocycles. The number of nitrogens with zero attached hydrogens (tertiary/aromatic N) is 2. The summed E-state index contributed by atoms with van der Waals surface area (Å²) in [7, 11) is 0. The van der Waals surface area contributed by atoms with Crippen LogP contribution in [0.1, 0.15) is 34.0 Å². The molecule has 1 fully saturated rings. The zero-order valence-electron chi connectivity index (χ0n) is 17.8. The molecule has 0 aliphatic carbocycles. The number of aryl methyl sites for hydroxylation is 1. The van der Waals surface area contributed by atoms with E-state index in [1.54, 1.807) is 36.4 Å². The lowest BCUT2D eigenvalue weighted by atomic mass is 9.97. The van der Waals surface area contributed by atoms with Crippen molar-refractivity contribution in [2.24, 2.45) is 0 Å². The Bertz CT molecular complexity index is 1310. The highest BCUT2D eigenvalue weighted by molar-refractivity contribution is 9.10. The number of aliphatic hydroxyl groups is 1. The average Bonchev–Trinajstić information content (AvgIpc) is 3.05. The number of carbonyl (C=O) groups excluding carboxylic acids is 2. The van der Waals surface area contributed by atoms with Gasteiger partial charge in [-0.1, -0.05) is 40.2 Å². The number of aromatic nitrogens is 1. The van der Waals surface area contributed by atoms with Crippen LogP contribution in [0.5, 0.6) is 0 Å². The number of benzene rings is 2. The van der Waals surface area contributed by atoms with Crippen molar-refractivity contribution in [3.8, 4) is 0 Å². The van der Waals surface area contributed by atoms with Crippen LogP contribution in [-0.4, -0.2) is 26.7 Å². The third kappa shape index (κ3) is 4.48. The summed E-state index contributed by atoms with van der Waals surface area (Å²) in [6, 6.07) is 13.4. The smallest absolute Gasteiger partial charge is 0.416 e. The van der Waals surface area contributed by atoms with E-state index in [4.69, 9.17) is 0 Å². The standard InChI is InChI=1S/C25H18BrF3N2O3/c1-14-11-16(8-9-18(14)26)22(32)20-21(19-7-2-3-10-30-19)31(24(34)23(20)33)13-15-5-4-6-17(12-15)25(27,28)29/h2-12,21,32H,13H2,1H3/b22-20+. The van der Waals surface area contributed by atoms with Gasteiger partial charge in [0.05, 0.1) is 16.8 Å². The molecule has 0 radical (unpaired) electrons. The lowest BCUT2D eigenvalue weighted by Gasteiger charge is -2.25. The molecule has 2 aromatic carbocycles. The van der Waals surface area contributed by atoms with Crippen LogP contribution in [0.25, 0.3) is 5.76 Å². The van der Waals surface area contributed by atoms with E-state index in [0.717, 1.165) is 27.1 Å². The van der Waals surface area contributed by atoms with Gasteiger partial charge in [-0.05, 0) is 54.4 Å². The van der Waals surface area contributed by atoms with Gasteiger partial charge in [0.2, 0.25) is 0 Å². The first kappa shape index (κ1) is 23.7. The molecule has 1 saturated heterocycles. The maximum Gasteiger partial charge on any atom is 0.416 e. The van der Waals surface area contributed by atoms with Gasteiger partial charge in [-0.25, -0.2) is 0 Å². The van der Waals surface area contributed by atoms with E-state index in [9.17, 15) is 27.9 Å². The Morgan fingerprint density at radius 1 is 1.09 bits per heavy atom. The summed E-state index contributed by atoms with van der Waals surface area (Å²) in [5.41, 5.74) is 0.607. The molecule has 0 spiro atoms. The number of alkyl halides is 3. The van der Waals surface area contributed by atoms with Crippen LogP contribution in [0.3, 0.4) is 0 Å². The van der Waals surface area contributed by atoms with E-state index in [1.165, 1.54) is 18.3 Å². The number of carbonyl (C=O) groups is 2. The molecule has 0 bridgehead atoms. The zero-order valence-corrected chi connectivity index (χ0v) is 19.4. The molecule has 1 unspecified atom stereocenters. The molecule has 3 aromatic rings.